The number of carboxylic acid groups (broad SMARTS) is 1. The van der Waals surface area contributed by atoms with Crippen LogP contribution in [-0.2, 0) is 9.53 Å². The number of aliphatic carboxylic acids is 1. The molecule has 1 unspecified atom stereocenters. The average molecular weight is 400 g/mol. The number of ether oxygens (including phenoxy) is 2. The Labute approximate surface area is 163 Å². The number of carbonyl (C=O) groups excluding carboxylic acids is 1. The van der Waals surface area contributed by atoms with Crippen molar-refractivity contribution in [3.63, 3.8) is 0 Å². The number of rotatable bonds is 9. The summed E-state index contributed by atoms with van der Waals surface area (Å²) in [6.45, 7) is 3.25. The van der Waals surface area contributed by atoms with Crippen molar-refractivity contribution >= 4 is 29.2 Å². The zero-order valence-electron chi connectivity index (χ0n) is 15.4. The van der Waals surface area contributed by atoms with Gasteiger partial charge in [0.25, 0.3) is 5.91 Å². The highest BCUT2D eigenvalue weighted by molar-refractivity contribution is 6.33. The first-order valence-corrected chi connectivity index (χ1v) is 9.25. The average Bonchev–Trinajstić information content (AvgIpc) is 2.65. The molecule has 1 aromatic carbocycles. The second-order valence-electron chi connectivity index (χ2n) is 6.43. The Hall–Kier alpha value is -2.03. The van der Waals surface area contributed by atoms with E-state index in [4.69, 9.17) is 31.9 Å². The van der Waals surface area contributed by atoms with Crippen molar-refractivity contribution in [2.24, 2.45) is 0 Å². The molecule has 27 heavy (non-hydrogen) atoms. The summed E-state index contributed by atoms with van der Waals surface area (Å²) in [5, 5.41) is 11.8. The maximum atomic E-state index is 12.5. The number of nitrogen functional groups attached to an aromatic ring is 1. The molecule has 1 aliphatic heterocycles. The van der Waals surface area contributed by atoms with Gasteiger partial charge in [0.15, 0.2) is 0 Å². The second kappa shape index (κ2) is 10.3. The number of hydrogen-bond donors (Lipinski definition) is 3. The highest BCUT2D eigenvalue weighted by Crippen LogP contribution is 2.28. The Kier molecular flexibility index (Phi) is 8.15. The number of amides is 1. The molecule has 2 rings (SSSR count). The van der Waals surface area contributed by atoms with Crippen molar-refractivity contribution in [1.29, 1.82) is 0 Å². The van der Waals surface area contributed by atoms with E-state index >= 15 is 0 Å². The topological polar surface area (TPSA) is 114 Å². The number of hydrogen-bond acceptors (Lipinski definition) is 6. The van der Waals surface area contributed by atoms with Gasteiger partial charge in [-0.25, -0.2) is 0 Å². The van der Waals surface area contributed by atoms with Gasteiger partial charge < -0.3 is 25.6 Å². The highest BCUT2D eigenvalue weighted by Gasteiger charge is 2.22. The minimum atomic E-state index is -0.768. The molecule has 9 heteroatoms. The molecule has 150 valence electrons. The third-order valence-electron chi connectivity index (χ3n) is 4.39. The molecule has 1 aliphatic rings. The van der Waals surface area contributed by atoms with Gasteiger partial charge in [-0.1, -0.05) is 11.6 Å². The number of methoxy groups -OCH3 is 1. The van der Waals surface area contributed by atoms with Gasteiger partial charge in [0, 0.05) is 32.1 Å². The van der Waals surface area contributed by atoms with Gasteiger partial charge in [-0.3, -0.25) is 14.5 Å². The Morgan fingerprint density at radius 1 is 1.44 bits per heavy atom. The Morgan fingerprint density at radius 3 is 2.93 bits per heavy atom. The zero-order chi connectivity index (χ0) is 19.8. The molecule has 1 saturated heterocycles. The lowest BCUT2D eigenvalue weighted by Crippen LogP contribution is -2.47. The summed E-state index contributed by atoms with van der Waals surface area (Å²) >= 11 is 6.01. The number of morpholine rings is 1. The number of carboxylic acids is 1. The third kappa shape index (κ3) is 6.57. The van der Waals surface area contributed by atoms with Gasteiger partial charge in [0.1, 0.15) is 5.75 Å². The van der Waals surface area contributed by atoms with Crippen LogP contribution in [0, 0.1) is 0 Å². The van der Waals surface area contributed by atoms with E-state index in [1.807, 2.05) is 0 Å². The van der Waals surface area contributed by atoms with Crippen LogP contribution in [0.1, 0.15) is 29.6 Å². The van der Waals surface area contributed by atoms with Crippen LogP contribution in [0.3, 0.4) is 0 Å². The number of nitrogens with zero attached hydrogens (tertiary/aromatic N) is 1. The number of carbonyl (C=O) groups is 2. The third-order valence-corrected chi connectivity index (χ3v) is 4.72. The Balaban J connectivity index is 1.82. The summed E-state index contributed by atoms with van der Waals surface area (Å²) < 4.78 is 10.9. The SMILES string of the molecule is COc1cc(N)c(Cl)cc1C(=O)NCC1CN(CCCCC(=O)O)CCO1. The van der Waals surface area contributed by atoms with Crippen LogP contribution in [0.25, 0.3) is 0 Å². The molecule has 0 bridgehead atoms. The first-order valence-electron chi connectivity index (χ1n) is 8.87. The lowest BCUT2D eigenvalue weighted by atomic mass is 10.1. The van der Waals surface area contributed by atoms with Crippen molar-refractivity contribution in [3.8, 4) is 5.75 Å². The van der Waals surface area contributed by atoms with Crippen molar-refractivity contribution in [1.82, 2.24) is 10.2 Å². The fraction of sp³-hybridized carbons (Fsp3) is 0.556. The first-order chi connectivity index (χ1) is 12.9. The molecule has 1 fully saturated rings. The quantitative estimate of drug-likeness (QED) is 0.427. The molecule has 1 aromatic rings. The van der Waals surface area contributed by atoms with E-state index in [-0.39, 0.29) is 18.4 Å². The number of nitrogens with one attached hydrogen (secondary N) is 1. The molecule has 1 atom stereocenters. The summed E-state index contributed by atoms with van der Waals surface area (Å²) in [4.78, 5) is 25.3. The van der Waals surface area contributed by atoms with E-state index < -0.39 is 5.97 Å². The highest BCUT2D eigenvalue weighted by atomic mass is 35.5. The second-order valence-corrected chi connectivity index (χ2v) is 6.84. The van der Waals surface area contributed by atoms with Gasteiger partial charge in [-0.2, -0.15) is 0 Å². The lowest BCUT2D eigenvalue weighted by molar-refractivity contribution is -0.137. The van der Waals surface area contributed by atoms with E-state index in [2.05, 4.69) is 10.2 Å². The summed E-state index contributed by atoms with van der Waals surface area (Å²) in [5.41, 5.74) is 6.40. The maximum Gasteiger partial charge on any atom is 0.303 e. The van der Waals surface area contributed by atoms with Gasteiger partial charge in [0.05, 0.1) is 36.1 Å². The van der Waals surface area contributed by atoms with E-state index in [0.29, 0.717) is 48.1 Å². The van der Waals surface area contributed by atoms with Crippen LogP contribution in [0.15, 0.2) is 12.1 Å². The predicted molar refractivity (Wildman–Crippen MR) is 102 cm³/mol. The summed E-state index contributed by atoms with van der Waals surface area (Å²) in [6, 6.07) is 3.01. The summed E-state index contributed by atoms with van der Waals surface area (Å²) in [5.74, 6) is -0.717. The predicted octanol–water partition coefficient (Wildman–Crippen LogP) is 1.62. The van der Waals surface area contributed by atoms with Crippen LogP contribution < -0.4 is 15.8 Å². The van der Waals surface area contributed by atoms with E-state index in [9.17, 15) is 9.59 Å². The summed E-state index contributed by atoms with van der Waals surface area (Å²) in [7, 11) is 1.46. The smallest absolute Gasteiger partial charge is 0.303 e. The number of benzene rings is 1. The van der Waals surface area contributed by atoms with Gasteiger partial charge >= 0.3 is 5.97 Å². The molecular weight excluding hydrogens is 374 g/mol. The minimum absolute atomic E-state index is 0.127. The molecule has 1 heterocycles. The fourth-order valence-corrected chi connectivity index (χ4v) is 3.10. The molecule has 0 aromatic heterocycles. The molecule has 0 radical (unpaired) electrons. The minimum Gasteiger partial charge on any atom is -0.496 e. The molecule has 4 N–H and O–H groups in total. The number of halogens is 1. The molecular formula is C18H26ClN3O5. The van der Waals surface area contributed by atoms with Gasteiger partial charge in [-0.15, -0.1) is 0 Å². The molecule has 0 saturated carbocycles. The largest absolute Gasteiger partial charge is 0.496 e. The normalized spacial score (nSPS) is 17.5. The monoisotopic (exact) mass is 399 g/mol. The number of anilines is 1. The van der Waals surface area contributed by atoms with Crippen molar-refractivity contribution in [2.45, 2.75) is 25.4 Å². The molecule has 1 amide bonds. The van der Waals surface area contributed by atoms with Crippen molar-refractivity contribution in [3.05, 3.63) is 22.7 Å². The van der Waals surface area contributed by atoms with Crippen LogP contribution in [-0.4, -0.2) is 67.9 Å². The zero-order valence-corrected chi connectivity index (χ0v) is 16.1. The Morgan fingerprint density at radius 2 is 2.22 bits per heavy atom. The fourth-order valence-electron chi connectivity index (χ4n) is 2.94. The summed E-state index contributed by atoms with van der Waals surface area (Å²) in [6.07, 6.45) is 1.55. The van der Waals surface area contributed by atoms with E-state index in [0.717, 1.165) is 19.5 Å². The standard InChI is InChI=1S/C18H26ClN3O5/c1-26-16-9-15(20)14(19)8-13(16)18(25)21-10-12-11-22(6-7-27-12)5-3-2-4-17(23)24/h8-9,12H,2-7,10-11,20H2,1H3,(H,21,25)(H,23,24). The van der Waals surface area contributed by atoms with E-state index in [1.165, 1.54) is 19.2 Å². The van der Waals surface area contributed by atoms with Crippen molar-refractivity contribution < 1.29 is 24.2 Å². The van der Waals surface area contributed by atoms with Crippen LogP contribution >= 0.6 is 11.6 Å². The van der Waals surface area contributed by atoms with Crippen LogP contribution in [0.4, 0.5) is 5.69 Å². The molecule has 0 aliphatic carbocycles. The van der Waals surface area contributed by atoms with E-state index in [1.54, 1.807) is 0 Å². The number of unbranched alkanes of at least 4 members (excludes halogenated alkanes) is 1. The van der Waals surface area contributed by atoms with Crippen molar-refractivity contribution in [2.75, 3.05) is 45.6 Å². The van der Waals surface area contributed by atoms with Gasteiger partial charge in [0.2, 0.25) is 0 Å². The number of nitrogens with two attached hydrogens (primary N) is 1. The maximum absolute atomic E-state index is 12.5. The van der Waals surface area contributed by atoms with Gasteiger partial charge in [-0.05, 0) is 25.5 Å². The lowest BCUT2D eigenvalue weighted by Gasteiger charge is -2.33. The van der Waals surface area contributed by atoms with Crippen LogP contribution in [0.2, 0.25) is 5.02 Å². The Bertz CT molecular complexity index is 671. The first kappa shape index (κ1) is 21.3. The van der Waals surface area contributed by atoms with Crippen LogP contribution in [0.5, 0.6) is 5.75 Å². The molecule has 8 nitrogen and oxygen atoms in total. The molecule has 0 spiro atoms.